The first kappa shape index (κ1) is 16.7. The van der Waals surface area contributed by atoms with Crippen LogP contribution >= 0.6 is 0 Å². The molecule has 0 saturated heterocycles. The molecular weight excluding hydrogens is 308 g/mol. The predicted octanol–water partition coefficient (Wildman–Crippen LogP) is 3.58. The van der Waals surface area contributed by atoms with Crippen LogP contribution in [-0.2, 0) is 17.1 Å². The number of nitrogens with one attached hydrogen (secondary N) is 1. The summed E-state index contributed by atoms with van der Waals surface area (Å²) in [4.78, 5) is 23.1. The number of rotatable bonds is 5. The lowest BCUT2D eigenvalue weighted by molar-refractivity contribution is -0.136. The maximum atomic E-state index is 13.3. The number of aryl methyl sites for hydroxylation is 1. The third kappa shape index (κ3) is 3.94. The number of aliphatic carboxylic acids is 1. The molecule has 1 amide bonds. The van der Waals surface area contributed by atoms with Crippen molar-refractivity contribution in [3.05, 3.63) is 53.0 Å². The summed E-state index contributed by atoms with van der Waals surface area (Å²) >= 11 is 0. The molecule has 0 atom stereocenters. The first-order valence-corrected chi connectivity index (χ1v) is 6.77. The van der Waals surface area contributed by atoms with E-state index in [-0.39, 0.29) is 22.6 Å². The summed E-state index contributed by atoms with van der Waals surface area (Å²) < 4.78 is 31.7. The van der Waals surface area contributed by atoms with Crippen LogP contribution in [0, 0.1) is 6.92 Å². The topological polar surface area (TPSA) is 79.5 Å². The zero-order valence-electron chi connectivity index (χ0n) is 12.5. The van der Waals surface area contributed by atoms with E-state index >= 15 is 0 Å². The summed E-state index contributed by atoms with van der Waals surface area (Å²) in [6, 6.07) is 5.31. The van der Waals surface area contributed by atoms with Crippen molar-refractivity contribution in [1.82, 2.24) is 0 Å². The van der Waals surface area contributed by atoms with Crippen LogP contribution in [0.25, 0.3) is 0 Å². The number of furan rings is 1. The molecular formula is C16H15F2NO4. The average molecular weight is 323 g/mol. The largest absolute Gasteiger partial charge is 0.481 e. The van der Waals surface area contributed by atoms with Gasteiger partial charge in [0.25, 0.3) is 11.8 Å². The average Bonchev–Trinajstić information content (AvgIpc) is 2.78. The number of alkyl halides is 2. The quantitative estimate of drug-likeness (QED) is 0.881. The van der Waals surface area contributed by atoms with Crippen LogP contribution in [0.2, 0.25) is 0 Å². The minimum atomic E-state index is -3.03. The Morgan fingerprint density at radius 3 is 2.65 bits per heavy atom. The Labute approximate surface area is 130 Å². The lowest BCUT2D eigenvalue weighted by Crippen LogP contribution is -2.16. The molecule has 122 valence electrons. The predicted molar refractivity (Wildman–Crippen MR) is 78.7 cm³/mol. The Morgan fingerprint density at radius 1 is 1.35 bits per heavy atom. The fourth-order valence-corrected chi connectivity index (χ4v) is 2.13. The summed E-state index contributed by atoms with van der Waals surface area (Å²) in [6.45, 7) is 2.36. The van der Waals surface area contributed by atoms with Crippen LogP contribution in [0.5, 0.6) is 0 Å². The highest BCUT2D eigenvalue weighted by Gasteiger charge is 2.25. The molecule has 0 radical (unpaired) electrons. The highest BCUT2D eigenvalue weighted by molar-refractivity contribution is 6.06. The van der Waals surface area contributed by atoms with E-state index in [0.29, 0.717) is 5.56 Å². The van der Waals surface area contributed by atoms with Gasteiger partial charge in [0.05, 0.1) is 11.8 Å². The standard InChI is InChI=1S/C16H15F2NO4/c1-9-8-23-12(7-13(20)21)14(9)15(22)19-11-5-3-4-10(6-11)16(2,17)18/h3-6,8H,7H2,1-2H3,(H,19,22)(H,20,21). The van der Waals surface area contributed by atoms with Gasteiger partial charge in [-0.3, -0.25) is 9.59 Å². The Morgan fingerprint density at radius 2 is 2.04 bits per heavy atom. The third-order valence-corrected chi connectivity index (χ3v) is 3.22. The smallest absolute Gasteiger partial charge is 0.311 e. The van der Waals surface area contributed by atoms with Crippen LogP contribution < -0.4 is 5.32 Å². The summed E-state index contributed by atoms with van der Waals surface area (Å²) in [6.07, 6.45) is 0.841. The Bertz CT molecular complexity index is 747. The Hall–Kier alpha value is -2.70. The molecule has 2 N–H and O–H groups in total. The van der Waals surface area contributed by atoms with Crippen molar-refractivity contribution in [1.29, 1.82) is 0 Å². The number of benzene rings is 1. The van der Waals surface area contributed by atoms with E-state index in [1.807, 2.05) is 0 Å². The molecule has 0 fully saturated rings. The van der Waals surface area contributed by atoms with Gasteiger partial charge in [0, 0.05) is 23.7 Å². The van der Waals surface area contributed by atoms with Crippen LogP contribution in [0.1, 0.15) is 34.2 Å². The number of hydrogen-bond donors (Lipinski definition) is 2. The number of carboxylic acid groups (broad SMARTS) is 1. The molecule has 2 rings (SSSR count). The summed E-state index contributed by atoms with van der Waals surface area (Å²) in [5.41, 5.74) is 0.526. The minimum absolute atomic E-state index is 0.0180. The molecule has 0 unspecified atom stereocenters. The number of halogens is 2. The SMILES string of the molecule is Cc1coc(CC(=O)O)c1C(=O)Nc1cccc(C(C)(F)F)c1. The van der Waals surface area contributed by atoms with E-state index in [0.717, 1.165) is 6.92 Å². The van der Waals surface area contributed by atoms with E-state index in [1.54, 1.807) is 6.92 Å². The van der Waals surface area contributed by atoms with E-state index in [9.17, 15) is 18.4 Å². The first-order valence-electron chi connectivity index (χ1n) is 6.77. The fourth-order valence-electron chi connectivity index (χ4n) is 2.13. The Kier molecular flexibility index (Phi) is 4.49. The lowest BCUT2D eigenvalue weighted by atomic mass is 10.1. The molecule has 0 bridgehead atoms. The van der Waals surface area contributed by atoms with Crippen molar-refractivity contribution in [3.63, 3.8) is 0 Å². The number of carboxylic acids is 1. The second-order valence-electron chi connectivity index (χ2n) is 5.21. The van der Waals surface area contributed by atoms with Crippen LogP contribution in [0.15, 0.2) is 34.9 Å². The molecule has 23 heavy (non-hydrogen) atoms. The number of amides is 1. The van der Waals surface area contributed by atoms with Crippen molar-refractivity contribution < 1.29 is 27.9 Å². The zero-order chi connectivity index (χ0) is 17.2. The van der Waals surface area contributed by atoms with Gasteiger partial charge in [0.1, 0.15) is 12.2 Å². The van der Waals surface area contributed by atoms with Gasteiger partial charge in [-0.15, -0.1) is 0 Å². The van der Waals surface area contributed by atoms with Crippen molar-refractivity contribution in [2.24, 2.45) is 0 Å². The molecule has 0 aliphatic carbocycles. The van der Waals surface area contributed by atoms with Crippen molar-refractivity contribution in [3.8, 4) is 0 Å². The molecule has 1 heterocycles. The van der Waals surface area contributed by atoms with Gasteiger partial charge in [-0.25, -0.2) is 8.78 Å². The molecule has 1 aromatic carbocycles. The molecule has 5 nitrogen and oxygen atoms in total. The maximum Gasteiger partial charge on any atom is 0.311 e. The van der Waals surface area contributed by atoms with Gasteiger partial charge in [-0.05, 0) is 19.1 Å². The van der Waals surface area contributed by atoms with Crippen molar-refractivity contribution in [2.45, 2.75) is 26.2 Å². The first-order chi connectivity index (χ1) is 10.7. The number of hydrogen-bond acceptors (Lipinski definition) is 3. The number of anilines is 1. The van der Waals surface area contributed by atoms with Crippen LogP contribution in [-0.4, -0.2) is 17.0 Å². The number of carbonyl (C=O) groups is 2. The lowest BCUT2D eigenvalue weighted by Gasteiger charge is -2.12. The molecule has 7 heteroatoms. The highest BCUT2D eigenvalue weighted by atomic mass is 19.3. The van der Waals surface area contributed by atoms with Crippen LogP contribution in [0.4, 0.5) is 14.5 Å². The Balaban J connectivity index is 2.26. The van der Waals surface area contributed by atoms with Gasteiger partial charge in [0.15, 0.2) is 0 Å². The molecule has 0 spiro atoms. The minimum Gasteiger partial charge on any atom is -0.481 e. The summed E-state index contributed by atoms with van der Waals surface area (Å²) in [7, 11) is 0. The monoisotopic (exact) mass is 323 g/mol. The maximum absolute atomic E-state index is 13.3. The van der Waals surface area contributed by atoms with Gasteiger partial charge in [0.2, 0.25) is 0 Å². The van der Waals surface area contributed by atoms with E-state index in [1.165, 1.54) is 30.5 Å². The van der Waals surface area contributed by atoms with Crippen molar-refractivity contribution in [2.75, 3.05) is 5.32 Å². The molecule has 1 aromatic heterocycles. The summed E-state index contributed by atoms with van der Waals surface area (Å²) in [5, 5.41) is 11.3. The molecule has 0 aliphatic rings. The fraction of sp³-hybridized carbons (Fsp3) is 0.250. The summed E-state index contributed by atoms with van der Waals surface area (Å²) in [5.74, 6) is -4.75. The molecule has 0 aliphatic heterocycles. The molecule has 2 aromatic rings. The van der Waals surface area contributed by atoms with Gasteiger partial charge in [-0.2, -0.15) is 0 Å². The van der Waals surface area contributed by atoms with E-state index in [2.05, 4.69) is 5.32 Å². The second-order valence-corrected chi connectivity index (χ2v) is 5.21. The second kappa shape index (κ2) is 6.20. The van der Waals surface area contributed by atoms with Crippen LogP contribution in [0.3, 0.4) is 0 Å². The third-order valence-electron chi connectivity index (χ3n) is 3.22. The van der Waals surface area contributed by atoms with E-state index < -0.39 is 24.2 Å². The van der Waals surface area contributed by atoms with Gasteiger partial charge >= 0.3 is 5.97 Å². The number of carbonyl (C=O) groups excluding carboxylic acids is 1. The van der Waals surface area contributed by atoms with Gasteiger partial charge < -0.3 is 14.8 Å². The van der Waals surface area contributed by atoms with Crippen molar-refractivity contribution >= 4 is 17.6 Å². The zero-order valence-corrected chi connectivity index (χ0v) is 12.5. The molecule has 0 saturated carbocycles. The van der Waals surface area contributed by atoms with Gasteiger partial charge in [-0.1, -0.05) is 12.1 Å². The normalized spacial score (nSPS) is 11.3. The highest BCUT2D eigenvalue weighted by Crippen LogP contribution is 2.29. The van der Waals surface area contributed by atoms with E-state index in [4.69, 9.17) is 9.52 Å².